The van der Waals surface area contributed by atoms with E-state index in [1.165, 1.54) is 42.5 Å². The first kappa shape index (κ1) is 26.5. The molecule has 2 aromatic carbocycles. The van der Waals surface area contributed by atoms with Gasteiger partial charge in [0.25, 0.3) is 0 Å². The highest BCUT2D eigenvalue weighted by Gasteiger charge is 2.81. The summed E-state index contributed by atoms with van der Waals surface area (Å²) in [6.45, 7) is 5.55. The summed E-state index contributed by atoms with van der Waals surface area (Å²) < 4.78 is 120. The lowest BCUT2D eigenvalue weighted by Gasteiger charge is -2.32. The van der Waals surface area contributed by atoms with E-state index in [0.717, 1.165) is 17.7 Å². The molecule has 180 valence electrons. The fourth-order valence-electron chi connectivity index (χ4n) is 2.83. The van der Waals surface area contributed by atoms with Crippen LogP contribution >= 0.6 is 0 Å². The molecule has 2 aromatic rings. The average molecular weight is 482 g/mol. The van der Waals surface area contributed by atoms with Gasteiger partial charge in [0.1, 0.15) is 0 Å². The summed E-state index contributed by atoms with van der Waals surface area (Å²) in [6, 6.07) is 11.4. The van der Waals surface area contributed by atoms with E-state index in [1.807, 2.05) is 20.8 Å². The highest BCUT2D eigenvalue weighted by Crippen LogP contribution is 2.54. The van der Waals surface area contributed by atoms with Crippen molar-refractivity contribution in [3.05, 3.63) is 77.4 Å². The largest absolute Gasteiger partial charge is 0.460 e. The molecular weight excluding hydrogens is 463 g/mol. The van der Waals surface area contributed by atoms with Gasteiger partial charge in [0.05, 0.1) is 0 Å². The van der Waals surface area contributed by atoms with Crippen molar-refractivity contribution in [2.24, 2.45) is 0 Å². The van der Waals surface area contributed by atoms with Crippen molar-refractivity contribution in [1.82, 2.24) is 0 Å². The van der Waals surface area contributed by atoms with Crippen molar-refractivity contribution in [3.63, 3.8) is 0 Å². The number of carbonyl (C=O) groups is 1. The summed E-state index contributed by atoms with van der Waals surface area (Å²) in [5, 5.41) is 0. The summed E-state index contributed by atoms with van der Waals surface area (Å²) in [7, 11) is 0. The van der Waals surface area contributed by atoms with E-state index in [-0.39, 0.29) is 16.5 Å². The molecule has 0 aliphatic heterocycles. The maximum absolute atomic E-state index is 14.3. The molecule has 0 saturated carbocycles. The second kappa shape index (κ2) is 8.53. The monoisotopic (exact) mass is 482 g/mol. The Kier molecular flexibility index (Phi) is 6.85. The van der Waals surface area contributed by atoms with Gasteiger partial charge in [0.2, 0.25) is 0 Å². The number of allylic oxidation sites excluding steroid dienone is 2. The molecule has 33 heavy (non-hydrogen) atoms. The molecule has 0 N–H and O–H groups in total. The van der Waals surface area contributed by atoms with Gasteiger partial charge in [-0.2, -0.15) is 39.5 Å². The number of halogens is 9. The molecule has 1 nitrogen and oxygen atoms in total. The fourth-order valence-corrected chi connectivity index (χ4v) is 2.83. The Morgan fingerprint density at radius 2 is 1.15 bits per heavy atom. The smallest absolute Gasteiger partial charge is 0.289 e. The molecule has 0 heterocycles. The second-order valence-corrected chi connectivity index (χ2v) is 8.35. The summed E-state index contributed by atoms with van der Waals surface area (Å²) in [5.41, 5.74) is -1.38. The first-order chi connectivity index (χ1) is 14.8. The Bertz CT molecular complexity index is 1010. The highest BCUT2D eigenvalue weighted by atomic mass is 19.4. The number of rotatable bonds is 6. The Morgan fingerprint density at radius 1 is 0.667 bits per heavy atom. The Balaban J connectivity index is 2.64. The van der Waals surface area contributed by atoms with Gasteiger partial charge >= 0.3 is 23.9 Å². The minimum absolute atomic E-state index is 0.250. The van der Waals surface area contributed by atoms with Crippen LogP contribution in [0, 0.1) is 0 Å². The van der Waals surface area contributed by atoms with E-state index in [1.54, 1.807) is 0 Å². The number of hydrogen-bond donors (Lipinski definition) is 0. The molecule has 0 aliphatic rings. The molecule has 0 amide bonds. The predicted molar refractivity (Wildman–Crippen MR) is 105 cm³/mol. The highest BCUT2D eigenvalue weighted by molar-refractivity contribution is 6.29. The molecule has 0 aromatic heterocycles. The van der Waals surface area contributed by atoms with Gasteiger partial charge in [-0.3, -0.25) is 4.79 Å². The van der Waals surface area contributed by atoms with Crippen LogP contribution in [0.4, 0.5) is 39.5 Å². The van der Waals surface area contributed by atoms with Crippen LogP contribution in [0.3, 0.4) is 0 Å². The van der Waals surface area contributed by atoms with Crippen LogP contribution in [0.1, 0.15) is 42.3 Å². The quantitative estimate of drug-likeness (QED) is 0.234. The number of carbonyl (C=O) groups excluding carboxylic acids is 1. The molecule has 0 spiro atoms. The van der Waals surface area contributed by atoms with Crippen LogP contribution < -0.4 is 0 Å². The minimum atomic E-state index is -7.06. The van der Waals surface area contributed by atoms with Gasteiger partial charge in [0.15, 0.2) is 5.78 Å². The number of hydrogen-bond acceptors (Lipinski definition) is 1. The molecule has 0 aliphatic carbocycles. The van der Waals surface area contributed by atoms with Crippen molar-refractivity contribution < 1.29 is 44.3 Å². The molecule has 0 atom stereocenters. The van der Waals surface area contributed by atoms with E-state index in [4.69, 9.17) is 0 Å². The Labute approximate surface area is 183 Å². The lowest BCUT2D eigenvalue weighted by atomic mass is 9.85. The van der Waals surface area contributed by atoms with Crippen molar-refractivity contribution >= 4 is 11.4 Å². The number of ketones is 1. The summed E-state index contributed by atoms with van der Waals surface area (Å²) in [5.74, 6) is -21.2. The lowest BCUT2D eigenvalue weighted by molar-refractivity contribution is -0.388. The number of alkyl halides is 9. The van der Waals surface area contributed by atoms with Crippen LogP contribution in [0.15, 0.2) is 60.7 Å². The standard InChI is InChI=1S/C23H19F9O/c1-19(2,3)16-11-9-15(10-12-16)18(33)17(14-7-5-4-6-8-14)13-20(24,25)21(26,27)22(28,29)23(30,31)32/h4-13H,1-3H3/b17-13+. The predicted octanol–water partition coefficient (Wildman–Crippen LogP) is 7.72. The van der Waals surface area contributed by atoms with Crippen LogP contribution in [-0.2, 0) is 5.41 Å². The zero-order chi connectivity index (χ0) is 25.5. The molecule has 0 radical (unpaired) electrons. The zero-order valence-corrected chi connectivity index (χ0v) is 17.6. The SMILES string of the molecule is CC(C)(C)c1ccc(C(=O)/C(=C/C(F)(F)C(F)(F)C(F)(F)C(F)(F)F)c2ccccc2)cc1. The first-order valence-electron chi connectivity index (χ1n) is 9.46. The Morgan fingerprint density at radius 3 is 1.58 bits per heavy atom. The van der Waals surface area contributed by atoms with Gasteiger partial charge in [-0.15, -0.1) is 0 Å². The molecule has 0 fully saturated rings. The molecule has 10 heteroatoms. The topological polar surface area (TPSA) is 17.1 Å². The normalized spacial score (nSPS) is 14.4. The van der Waals surface area contributed by atoms with E-state index < -0.39 is 41.4 Å². The molecule has 2 rings (SSSR count). The van der Waals surface area contributed by atoms with E-state index >= 15 is 0 Å². The third-order valence-corrected chi connectivity index (χ3v) is 4.84. The summed E-state index contributed by atoms with van der Waals surface area (Å²) in [4.78, 5) is 12.9. The van der Waals surface area contributed by atoms with Gasteiger partial charge in [-0.25, -0.2) is 0 Å². The molecule has 0 saturated heterocycles. The number of Topliss-reactive ketones (excluding diaryl/α,β-unsaturated/α-hetero) is 1. The molecule has 0 bridgehead atoms. The van der Waals surface area contributed by atoms with Crippen LogP contribution in [0.5, 0.6) is 0 Å². The van der Waals surface area contributed by atoms with E-state index in [2.05, 4.69) is 0 Å². The van der Waals surface area contributed by atoms with Crippen molar-refractivity contribution in [1.29, 1.82) is 0 Å². The average Bonchev–Trinajstić information content (AvgIpc) is 2.70. The third kappa shape index (κ3) is 5.09. The van der Waals surface area contributed by atoms with Gasteiger partial charge in [-0.05, 0) is 16.5 Å². The van der Waals surface area contributed by atoms with Gasteiger partial charge in [0, 0.05) is 17.2 Å². The second-order valence-electron chi connectivity index (χ2n) is 8.35. The van der Waals surface area contributed by atoms with Crippen LogP contribution in [0.25, 0.3) is 5.57 Å². The van der Waals surface area contributed by atoms with E-state index in [0.29, 0.717) is 0 Å². The number of benzene rings is 2. The van der Waals surface area contributed by atoms with Crippen LogP contribution in [-0.4, -0.2) is 29.7 Å². The Hall–Kier alpha value is -2.78. The molecule has 0 unspecified atom stereocenters. The zero-order valence-electron chi connectivity index (χ0n) is 17.6. The van der Waals surface area contributed by atoms with Gasteiger partial charge in [-0.1, -0.05) is 75.4 Å². The minimum Gasteiger partial charge on any atom is -0.289 e. The van der Waals surface area contributed by atoms with Crippen LogP contribution in [0.2, 0.25) is 0 Å². The maximum atomic E-state index is 14.3. The maximum Gasteiger partial charge on any atom is 0.460 e. The van der Waals surface area contributed by atoms with Crippen molar-refractivity contribution in [2.45, 2.75) is 50.1 Å². The van der Waals surface area contributed by atoms with E-state index in [9.17, 15) is 44.3 Å². The van der Waals surface area contributed by atoms with Crippen molar-refractivity contribution in [2.75, 3.05) is 0 Å². The molecular formula is C23H19F9O. The lowest BCUT2D eigenvalue weighted by Crippen LogP contribution is -2.60. The summed E-state index contributed by atoms with van der Waals surface area (Å²) >= 11 is 0. The van der Waals surface area contributed by atoms with Gasteiger partial charge < -0.3 is 0 Å². The fraction of sp³-hybridized carbons (Fsp3) is 0.348. The first-order valence-corrected chi connectivity index (χ1v) is 9.46. The summed E-state index contributed by atoms with van der Waals surface area (Å²) in [6.07, 6.45) is -7.78. The third-order valence-electron chi connectivity index (χ3n) is 4.84. The van der Waals surface area contributed by atoms with Crippen molar-refractivity contribution in [3.8, 4) is 0 Å².